The van der Waals surface area contributed by atoms with Gasteiger partial charge in [0, 0.05) is 43.6 Å². The minimum atomic E-state index is -0.0766. The number of carbonyl (C=O) groups is 1. The number of ether oxygens (including phenoxy) is 2. The van der Waals surface area contributed by atoms with Crippen LogP contribution in [0.5, 0.6) is 11.5 Å². The van der Waals surface area contributed by atoms with Crippen LogP contribution in [0.3, 0.4) is 0 Å². The number of hydrogen-bond donors (Lipinski definition) is 1. The predicted octanol–water partition coefficient (Wildman–Crippen LogP) is 3.43. The van der Waals surface area contributed by atoms with Crippen molar-refractivity contribution in [3.63, 3.8) is 0 Å². The van der Waals surface area contributed by atoms with Crippen molar-refractivity contribution in [3.8, 4) is 11.5 Å². The molecule has 0 saturated carbocycles. The number of fused-ring (bicyclic) bond motifs is 1. The third-order valence-corrected chi connectivity index (χ3v) is 5.28. The number of urea groups is 1. The first-order valence-electron chi connectivity index (χ1n) is 9.38. The standard InChI is InChI=1S/C21H25N3O3/c1-15-4-3-5-18(16(15)2)23-8-10-24(11-9-23)21(25)22-17-6-7-19-20(14-17)27-13-12-26-19/h3-7,14H,8-13H2,1-2H3,(H,22,25). The molecule has 2 aromatic carbocycles. The lowest BCUT2D eigenvalue weighted by Gasteiger charge is -2.37. The summed E-state index contributed by atoms with van der Waals surface area (Å²) >= 11 is 0. The second kappa shape index (κ2) is 7.39. The largest absolute Gasteiger partial charge is 0.486 e. The van der Waals surface area contributed by atoms with E-state index in [4.69, 9.17) is 9.47 Å². The van der Waals surface area contributed by atoms with Crippen LogP contribution in [0.2, 0.25) is 0 Å². The summed E-state index contributed by atoms with van der Waals surface area (Å²) in [7, 11) is 0. The van der Waals surface area contributed by atoms with Crippen molar-refractivity contribution in [1.82, 2.24) is 4.90 Å². The van der Waals surface area contributed by atoms with Crippen molar-refractivity contribution in [1.29, 1.82) is 0 Å². The molecule has 0 spiro atoms. The molecule has 1 saturated heterocycles. The molecule has 2 heterocycles. The Morgan fingerprint density at radius 3 is 2.48 bits per heavy atom. The lowest BCUT2D eigenvalue weighted by atomic mass is 10.1. The van der Waals surface area contributed by atoms with Crippen LogP contribution < -0.4 is 19.7 Å². The maximum Gasteiger partial charge on any atom is 0.321 e. The Hall–Kier alpha value is -2.89. The van der Waals surface area contributed by atoms with Crippen LogP contribution in [-0.4, -0.2) is 50.3 Å². The Bertz CT molecular complexity index is 845. The first kappa shape index (κ1) is 17.5. The molecule has 2 aromatic rings. The average molecular weight is 367 g/mol. The molecule has 0 bridgehead atoms. The summed E-state index contributed by atoms with van der Waals surface area (Å²) in [5.41, 5.74) is 4.60. The third kappa shape index (κ3) is 3.65. The number of rotatable bonds is 2. The smallest absolute Gasteiger partial charge is 0.321 e. The number of piperazine rings is 1. The maximum absolute atomic E-state index is 12.6. The number of amides is 2. The van der Waals surface area contributed by atoms with Crippen LogP contribution in [0.15, 0.2) is 36.4 Å². The van der Waals surface area contributed by atoms with E-state index in [1.807, 2.05) is 23.1 Å². The summed E-state index contributed by atoms with van der Waals surface area (Å²) in [4.78, 5) is 16.8. The van der Waals surface area contributed by atoms with Crippen molar-refractivity contribution in [3.05, 3.63) is 47.5 Å². The minimum Gasteiger partial charge on any atom is -0.486 e. The molecule has 1 fully saturated rings. The van der Waals surface area contributed by atoms with Crippen molar-refractivity contribution in [2.75, 3.05) is 49.6 Å². The zero-order valence-corrected chi connectivity index (χ0v) is 15.8. The Labute approximate surface area is 159 Å². The molecule has 4 rings (SSSR count). The van der Waals surface area contributed by atoms with Gasteiger partial charge >= 0.3 is 6.03 Å². The fourth-order valence-electron chi connectivity index (χ4n) is 3.55. The number of benzene rings is 2. The van der Waals surface area contributed by atoms with Crippen LogP contribution in [0, 0.1) is 13.8 Å². The van der Waals surface area contributed by atoms with E-state index >= 15 is 0 Å². The number of hydrogen-bond acceptors (Lipinski definition) is 4. The van der Waals surface area contributed by atoms with Gasteiger partial charge < -0.3 is 24.6 Å². The molecule has 27 heavy (non-hydrogen) atoms. The molecule has 2 aliphatic heterocycles. The summed E-state index contributed by atoms with van der Waals surface area (Å²) in [5, 5.41) is 2.97. The lowest BCUT2D eigenvalue weighted by Crippen LogP contribution is -2.50. The summed E-state index contributed by atoms with van der Waals surface area (Å²) < 4.78 is 11.1. The number of nitrogens with one attached hydrogen (secondary N) is 1. The monoisotopic (exact) mass is 367 g/mol. The van der Waals surface area contributed by atoms with E-state index < -0.39 is 0 Å². The highest BCUT2D eigenvalue weighted by molar-refractivity contribution is 5.90. The van der Waals surface area contributed by atoms with Gasteiger partial charge in [0.1, 0.15) is 13.2 Å². The van der Waals surface area contributed by atoms with E-state index in [9.17, 15) is 4.79 Å². The molecule has 0 aromatic heterocycles. The Morgan fingerprint density at radius 1 is 0.963 bits per heavy atom. The topological polar surface area (TPSA) is 54.0 Å². The molecule has 2 aliphatic rings. The summed E-state index contributed by atoms with van der Waals surface area (Å²) in [6.07, 6.45) is 0. The van der Waals surface area contributed by atoms with Crippen molar-refractivity contribution < 1.29 is 14.3 Å². The van der Waals surface area contributed by atoms with Gasteiger partial charge in [-0.15, -0.1) is 0 Å². The third-order valence-electron chi connectivity index (χ3n) is 5.28. The first-order valence-corrected chi connectivity index (χ1v) is 9.38. The van der Waals surface area contributed by atoms with Gasteiger partial charge in [-0.2, -0.15) is 0 Å². The van der Waals surface area contributed by atoms with Gasteiger partial charge in [-0.25, -0.2) is 4.79 Å². The molecular formula is C21H25N3O3. The molecular weight excluding hydrogens is 342 g/mol. The summed E-state index contributed by atoms with van der Waals surface area (Å²) in [6.45, 7) is 8.45. The van der Waals surface area contributed by atoms with Gasteiger partial charge in [-0.05, 0) is 43.2 Å². The molecule has 2 amide bonds. The maximum atomic E-state index is 12.6. The van der Waals surface area contributed by atoms with Crippen molar-refractivity contribution in [2.45, 2.75) is 13.8 Å². The van der Waals surface area contributed by atoms with Gasteiger partial charge in [0.05, 0.1) is 0 Å². The quantitative estimate of drug-likeness (QED) is 0.884. The molecule has 6 nitrogen and oxygen atoms in total. The first-order chi connectivity index (χ1) is 13.1. The van der Waals surface area contributed by atoms with Crippen LogP contribution in [-0.2, 0) is 0 Å². The highest BCUT2D eigenvalue weighted by atomic mass is 16.6. The summed E-state index contributed by atoms with van der Waals surface area (Å²) in [6, 6.07) is 11.8. The fraction of sp³-hybridized carbons (Fsp3) is 0.381. The number of anilines is 2. The summed E-state index contributed by atoms with van der Waals surface area (Å²) in [5.74, 6) is 1.40. The molecule has 0 atom stereocenters. The number of carbonyl (C=O) groups excluding carboxylic acids is 1. The number of nitrogens with zero attached hydrogens (tertiary/aromatic N) is 2. The fourth-order valence-corrected chi connectivity index (χ4v) is 3.55. The van der Waals surface area contributed by atoms with E-state index in [-0.39, 0.29) is 6.03 Å². The molecule has 0 aliphatic carbocycles. The predicted molar refractivity (Wildman–Crippen MR) is 106 cm³/mol. The highest BCUT2D eigenvalue weighted by Crippen LogP contribution is 2.32. The van der Waals surface area contributed by atoms with Gasteiger partial charge in [0.2, 0.25) is 0 Å². The van der Waals surface area contributed by atoms with Gasteiger partial charge in [-0.1, -0.05) is 12.1 Å². The molecule has 0 unspecified atom stereocenters. The lowest BCUT2D eigenvalue weighted by molar-refractivity contribution is 0.171. The van der Waals surface area contributed by atoms with Gasteiger partial charge in [0.25, 0.3) is 0 Å². The minimum absolute atomic E-state index is 0.0766. The second-order valence-corrected chi connectivity index (χ2v) is 6.98. The van der Waals surface area contributed by atoms with E-state index in [1.54, 1.807) is 0 Å². The van der Waals surface area contributed by atoms with Crippen molar-refractivity contribution >= 4 is 17.4 Å². The average Bonchev–Trinajstić information content (AvgIpc) is 2.70. The molecule has 6 heteroatoms. The van der Waals surface area contributed by atoms with Gasteiger partial charge in [0.15, 0.2) is 11.5 Å². The Morgan fingerprint density at radius 2 is 1.70 bits per heavy atom. The van der Waals surface area contributed by atoms with E-state index in [1.165, 1.54) is 16.8 Å². The van der Waals surface area contributed by atoms with Crippen LogP contribution >= 0.6 is 0 Å². The van der Waals surface area contributed by atoms with Gasteiger partial charge in [-0.3, -0.25) is 0 Å². The highest BCUT2D eigenvalue weighted by Gasteiger charge is 2.23. The Kier molecular flexibility index (Phi) is 4.79. The van der Waals surface area contributed by atoms with Crippen molar-refractivity contribution in [2.24, 2.45) is 0 Å². The SMILES string of the molecule is Cc1cccc(N2CCN(C(=O)Nc3ccc4c(c3)OCCO4)CC2)c1C. The second-order valence-electron chi connectivity index (χ2n) is 6.98. The molecule has 0 radical (unpaired) electrons. The van der Waals surface area contributed by atoms with E-state index in [0.717, 1.165) is 24.5 Å². The zero-order valence-electron chi connectivity index (χ0n) is 15.8. The van der Waals surface area contributed by atoms with E-state index in [0.29, 0.717) is 32.1 Å². The zero-order chi connectivity index (χ0) is 18.8. The molecule has 142 valence electrons. The number of aryl methyl sites for hydroxylation is 1. The van der Waals surface area contributed by atoms with E-state index in [2.05, 4.69) is 42.3 Å². The normalized spacial score (nSPS) is 16.2. The Balaban J connectivity index is 1.37. The molecule has 1 N–H and O–H groups in total. The van der Waals surface area contributed by atoms with Crippen LogP contribution in [0.25, 0.3) is 0 Å². The van der Waals surface area contributed by atoms with Crippen LogP contribution in [0.4, 0.5) is 16.2 Å². The van der Waals surface area contributed by atoms with Crippen LogP contribution in [0.1, 0.15) is 11.1 Å².